The molecule has 0 unspecified atom stereocenters. The van der Waals surface area contributed by atoms with E-state index in [1.54, 1.807) is 0 Å². The number of Topliss-reactive ketones (excluding diaryl/α,β-unsaturated/α-hetero) is 1. The molecule has 2 bridgehead atoms. The molecule has 50 valence electrons. The average Bonchev–Trinajstić information content (AvgIpc) is 2.24. The smallest absolute Gasteiger partial charge is 0.136 e. The second-order valence-corrected chi connectivity index (χ2v) is 3.17. The van der Waals surface area contributed by atoms with Gasteiger partial charge in [0.2, 0.25) is 0 Å². The molecule has 2 rings (SSSR count). The van der Waals surface area contributed by atoms with E-state index in [2.05, 4.69) is 0 Å². The number of carbonyl (C=O) groups excluding carboxylic acids is 1. The van der Waals surface area contributed by atoms with Gasteiger partial charge in [-0.3, -0.25) is 4.79 Å². The summed E-state index contributed by atoms with van der Waals surface area (Å²) >= 11 is 0. The predicted octanol–water partition coefficient (Wildman–Crippen LogP) is 0.346. The molecule has 0 aromatic carbocycles. The van der Waals surface area contributed by atoms with Gasteiger partial charge in [0.1, 0.15) is 5.78 Å². The Morgan fingerprint density at radius 2 is 2.22 bits per heavy atom. The molecule has 0 amide bonds. The standard InChI is InChI=1S/C7H10O2/c8-6-2-4-1-5(6)3-7(4)9/h4-6,8H,1-3H2/t4-,5-,6-/m1/s1. The van der Waals surface area contributed by atoms with Crippen LogP contribution in [0.25, 0.3) is 0 Å². The topological polar surface area (TPSA) is 37.3 Å². The summed E-state index contributed by atoms with van der Waals surface area (Å²) in [7, 11) is 0. The molecular weight excluding hydrogens is 116 g/mol. The van der Waals surface area contributed by atoms with Gasteiger partial charge < -0.3 is 5.11 Å². The van der Waals surface area contributed by atoms with Crippen molar-refractivity contribution in [2.45, 2.75) is 25.4 Å². The maximum atomic E-state index is 10.9. The number of hydrogen-bond donors (Lipinski definition) is 1. The number of aliphatic hydroxyl groups is 1. The molecule has 0 radical (unpaired) electrons. The van der Waals surface area contributed by atoms with E-state index in [9.17, 15) is 9.90 Å². The molecule has 0 aromatic rings. The highest BCUT2D eigenvalue weighted by Crippen LogP contribution is 2.41. The van der Waals surface area contributed by atoms with Crippen molar-refractivity contribution in [1.82, 2.24) is 0 Å². The lowest BCUT2D eigenvalue weighted by Gasteiger charge is -2.13. The number of carbonyl (C=O) groups is 1. The average molecular weight is 126 g/mol. The largest absolute Gasteiger partial charge is 0.393 e. The van der Waals surface area contributed by atoms with Crippen LogP contribution in [0.1, 0.15) is 19.3 Å². The Morgan fingerprint density at radius 1 is 1.44 bits per heavy atom. The molecule has 0 aliphatic heterocycles. The molecule has 2 heteroatoms. The van der Waals surface area contributed by atoms with Crippen molar-refractivity contribution in [3.63, 3.8) is 0 Å². The highest BCUT2D eigenvalue weighted by molar-refractivity contribution is 5.84. The molecule has 2 saturated carbocycles. The number of ketones is 1. The highest BCUT2D eigenvalue weighted by Gasteiger charge is 2.44. The normalized spacial score (nSPS) is 48.6. The van der Waals surface area contributed by atoms with Crippen molar-refractivity contribution in [2.24, 2.45) is 11.8 Å². The maximum Gasteiger partial charge on any atom is 0.136 e. The molecule has 0 heterocycles. The Bertz CT molecular complexity index is 151. The van der Waals surface area contributed by atoms with Gasteiger partial charge in [0, 0.05) is 12.3 Å². The molecule has 2 aliphatic rings. The molecule has 0 aromatic heterocycles. The summed E-state index contributed by atoms with van der Waals surface area (Å²) < 4.78 is 0. The van der Waals surface area contributed by atoms with Crippen LogP contribution in [0.5, 0.6) is 0 Å². The summed E-state index contributed by atoms with van der Waals surface area (Å²) in [5.74, 6) is 0.929. The van der Waals surface area contributed by atoms with E-state index in [1.807, 2.05) is 0 Å². The van der Waals surface area contributed by atoms with Crippen molar-refractivity contribution in [3.8, 4) is 0 Å². The molecule has 0 spiro atoms. The van der Waals surface area contributed by atoms with E-state index >= 15 is 0 Å². The molecule has 2 aliphatic carbocycles. The SMILES string of the molecule is O=C1C[C@H]2C[C@@H]1C[C@H]2O. The van der Waals surface area contributed by atoms with Crippen LogP contribution in [0.2, 0.25) is 0 Å². The van der Waals surface area contributed by atoms with Crippen LogP contribution in [0.3, 0.4) is 0 Å². The Morgan fingerprint density at radius 3 is 2.56 bits per heavy atom. The van der Waals surface area contributed by atoms with Crippen molar-refractivity contribution >= 4 is 5.78 Å². The van der Waals surface area contributed by atoms with Crippen LogP contribution in [0, 0.1) is 11.8 Å². The van der Waals surface area contributed by atoms with E-state index < -0.39 is 0 Å². The van der Waals surface area contributed by atoms with Gasteiger partial charge in [-0.25, -0.2) is 0 Å². The van der Waals surface area contributed by atoms with E-state index in [4.69, 9.17) is 0 Å². The minimum atomic E-state index is -0.160. The lowest BCUT2D eigenvalue weighted by Crippen LogP contribution is -2.20. The quantitative estimate of drug-likeness (QED) is 0.508. The summed E-state index contributed by atoms with van der Waals surface area (Å²) in [5.41, 5.74) is 0. The van der Waals surface area contributed by atoms with Crippen molar-refractivity contribution in [1.29, 1.82) is 0 Å². The third-order valence-electron chi connectivity index (χ3n) is 2.58. The van der Waals surface area contributed by atoms with Crippen LogP contribution in [0.15, 0.2) is 0 Å². The van der Waals surface area contributed by atoms with Crippen molar-refractivity contribution < 1.29 is 9.90 Å². The maximum absolute atomic E-state index is 10.9. The fourth-order valence-electron chi connectivity index (χ4n) is 2.01. The predicted molar refractivity (Wildman–Crippen MR) is 31.8 cm³/mol. The number of aliphatic hydroxyl groups excluding tert-OH is 1. The van der Waals surface area contributed by atoms with Crippen LogP contribution >= 0.6 is 0 Å². The first-order valence-electron chi connectivity index (χ1n) is 3.48. The molecule has 3 atom stereocenters. The lowest BCUT2D eigenvalue weighted by molar-refractivity contribution is -0.123. The number of fused-ring (bicyclic) bond motifs is 2. The minimum absolute atomic E-state index is 0.160. The third kappa shape index (κ3) is 0.628. The van der Waals surface area contributed by atoms with Gasteiger partial charge in [-0.05, 0) is 18.8 Å². The third-order valence-corrected chi connectivity index (χ3v) is 2.58. The fraction of sp³-hybridized carbons (Fsp3) is 0.857. The lowest BCUT2D eigenvalue weighted by atomic mass is 9.97. The van der Waals surface area contributed by atoms with Gasteiger partial charge >= 0.3 is 0 Å². The zero-order valence-corrected chi connectivity index (χ0v) is 5.21. The monoisotopic (exact) mass is 126 g/mol. The summed E-state index contributed by atoms with van der Waals surface area (Å²) in [6, 6.07) is 0. The van der Waals surface area contributed by atoms with Gasteiger partial charge in [0.05, 0.1) is 6.10 Å². The second-order valence-electron chi connectivity index (χ2n) is 3.17. The first-order valence-corrected chi connectivity index (χ1v) is 3.48. The zero-order valence-electron chi connectivity index (χ0n) is 5.21. The van der Waals surface area contributed by atoms with Crippen molar-refractivity contribution in [3.05, 3.63) is 0 Å². The minimum Gasteiger partial charge on any atom is -0.393 e. The van der Waals surface area contributed by atoms with Crippen LogP contribution < -0.4 is 0 Å². The Kier molecular flexibility index (Phi) is 0.943. The summed E-state index contributed by atoms with van der Waals surface area (Å²) in [6.45, 7) is 0. The van der Waals surface area contributed by atoms with Crippen LogP contribution in [-0.4, -0.2) is 17.0 Å². The number of rotatable bonds is 0. The first kappa shape index (κ1) is 5.42. The Hall–Kier alpha value is -0.370. The molecule has 1 N–H and O–H groups in total. The molecule has 9 heavy (non-hydrogen) atoms. The molecule has 0 saturated heterocycles. The van der Waals surface area contributed by atoms with Gasteiger partial charge in [-0.1, -0.05) is 0 Å². The highest BCUT2D eigenvalue weighted by atomic mass is 16.3. The fourth-order valence-corrected chi connectivity index (χ4v) is 2.01. The van der Waals surface area contributed by atoms with E-state index in [0.29, 0.717) is 18.1 Å². The van der Waals surface area contributed by atoms with Crippen LogP contribution in [0.4, 0.5) is 0 Å². The van der Waals surface area contributed by atoms with Crippen LogP contribution in [-0.2, 0) is 4.79 Å². The van der Waals surface area contributed by atoms with Gasteiger partial charge in [0.15, 0.2) is 0 Å². The molecular formula is C7H10O2. The van der Waals surface area contributed by atoms with E-state index in [-0.39, 0.29) is 12.0 Å². The molecule has 2 nitrogen and oxygen atoms in total. The van der Waals surface area contributed by atoms with Gasteiger partial charge in [-0.2, -0.15) is 0 Å². The summed E-state index contributed by atoms with van der Waals surface area (Å²) in [6.07, 6.45) is 2.18. The van der Waals surface area contributed by atoms with Crippen molar-refractivity contribution in [2.75, 3.05) is 0 Å². The Balaban J connectivity index is 2.19. The van der Waals surface area contributed by atoms with Gasteiger partial charge in [0.25, 0.3) is 0 Å². The van der Waals surface area contributed by atoms with Gasteiger partial charge in [-0.15, -0.1) is 0 Å². The first-order chi connectivity index (χ1) is 4.27. The summed E-state index contributed by atoms with van der Waals surface area (Å²) in [4.78, 5) is 10.9. The van der Waals surface area contributed by atoms with E-state index in [0.717, 1.165) is 12.8 Å². The zero-order chi connectivity index (χ0) is 6.43. The Labute approximate surface area is 53.9 Å². The second kappa shape index (κ2) is 1.57. The molecule has 2 fully saturated rings. The van der Waals surface area contributed by atoms with E-state index in [1.165, 1.54) is 0 Å². The number of hydrogen-bond acceptors (Lipinski definition) is 2. The summed E-state index contributed by atoms with van der Waals surface area (Å²) in [5, 5.41) is 9.18.